The van der Waals surface area contributed by atoms with E-state index in [1.807, 2.05) is 36.4 Å². The van der Waals surface area contributed by atoms with E-state index in [1.54, 1.807) is 12.4 Å². The first kappa shape index (κ1) is 16.9. The van der Waals surface area contributed by atoms with Crippen molar-refractivity contribution < 1.29 is 8.98 Å². The van der Waals surface area contributed by atoms with Gasteiger partial charge < -0.3 is 4.42 Å². The summed E-state index contributed by atoms with van der Waals surface area (Å²) in [6.07, 6.45) is 3.47. The molecule has 0 saturated carbocycles. The maximum absolute atomic E-state index is 6.36. The fraction of sp³-hybridized carbons (Fsp3) is 0.0800. The molecule has 0 spiro atoms. The van der Waals surface area contributed by atoms with Crippen molar-refractivity contribution in [3.8, 4) is 11.4 Å². The summed E-state index contributed by atoms with van der Waals surface area (Å²) in [4.78, 5) is 9.37. The van der Waals surface area contributed by atoms with Crippen LogP contribution in [0.5, 0.6) is 0 Å². The predicted molar refractivity (Wildman–Crippen MR) is 117 cm³/mol. The highest BCUT2D eigenvalue weighted by atomic mass is 16.3. The van der Waals surface area contributed by atoms with E-state index < -0.39 is 0 Å². The Labute approximate surface area is 172 Å². The Morgan fingerprint density at radius 1 is 0.800 bits per heavy atom. The Kier molecular flexibility index (Phi) is 3.53. The molecule has 3 heterocycles. The Morgan fingerprint density at radius 2 is 1.57 bits per heavy atom. The number of aromatic nitrogens is 4. The van der Waals surface area contributed by atoms with E-state index in [2.05, 4.69) is 58.3 Å². The topological polar surface area (TPSA) is 47.7 Å². The minimum absolute atomic E-state index is 0.801. The second-order valence-electron chi connectivity index (χ2n) is 7.46. The van der Waals surface area contributed by atoms with Crippen LogP contribution in [0, 0.1) is 13.8 Å². The van der Waals surface area contributed by atoms with Gasteiger partial charge in [-0.05, 0) is 36.8 Å². The fourth-order valence-corrected chi connectivity index (χ4v) is 4.35. The monoisotopic (exact) mass is 391 g/mol. The van der Waals surface area contributed by atoms with E-state index in [4.69, 9.17) is 9.40 Å². The van der Waals surface area contributed by atoms with Crippen LogP contribution < -0.4 is 4.57 Å². The van der Waals surface area contributed by atoms with Gasteiger partial charge in [-0.3, -0.25) is 0 Å². The summed E-state index contributed by atoms with van der Waals surface area (Å²) in [5, 5.41) is 2.22. The second kappa shape index (κ2) is 6.26. The number of nitrogens with zero attached hydrogens (tertiary/aromatic N) is 4. The number of aryl methyl sites for hydroxylation is 1. The fourth-order valence-electron chi connectivity index (χ4n) is 4.35. The van der Waals surface area contributed by atoms with Crippen LogP contribution in [0.1, 0.15) is 11.4 Å². The summed E-state index contributed by atoms with van der Waals surface area (Å²) >= 11 is 0. The van der Waals surface area contributed by atoms with Gasteiger partial charge in [-0.15, -0.1) is 4.98 Å². The molecule has 0 N–H and O–H groups in total. The summed E-state index contributed by atoms with van der Waals surface area (Å²) in [7, 11) is 0. The molecule has 0 unspecified atom stereocenters. The zero-order chi connectivity index (χ0) is 20.2. The van der Waals surface area contributed by atoms with E-state index in [0.29, 0.717) is 0 Å². The van der Waals surface area contributed by atoms with Crippen LogP contribution in [0.25, 0.3) is 44.6 Å². The number of hydrogen-bond acceptors (Lipinski definition) is 3. The van der Waals surface area contributed by atoms with Gasteiger partial charge in [-0.2, -0.15) is 4.57 Å². The maximum Gasteiger partial charge on any atom is 0.327 e. The third-order valence-electron chi connectivity index (χ3n) is 5.69. The molecule has 0 atom stereocenters. The lowest BCUT2D eigenvalue weighted by atomic mass is 10.1. The van der Waals surface area contributed by atoms with E-state index in [1.165, 1.54) is 0 Å². The number of benzene rings is 3. The van der Waals surface area contributed by atoms with Gasteiger partial charge in [0, 0.05) is 17.7 Å². The van der Waals surface area contributed by atoms with Crippen LogP contribution in [0.3, 0.4) is 0 Å². The van der Waals surface area contributed by atoms with E-state index in [9.17, 15) is 0 Å². The van der Waals surface area contributed by atoms with Crippen LogP contribution in [0.4, 0.5) is 0 Å². The molecule has 3 aromatic heterocycles. The normalized spacial score (nSPS) is 11.7. The zero-order valence-corrected chi connectivity index (χ0v) is 16.7. The van der Waals surface area contributed by atoms with Crippen molar-refractivity contribution in [2.75, 3.05) is 0 Å². The second-order valence-corrected chi connectivity index (χ2v) is 7.46. The SMILES string of the molecule is Cc1ccc2c(oc3ccccc32)c1-[n+]1c(C)n(-c2ccccc2)c2nccnc21. The average Bonchev–Trinajstić information content (AvgIpc) is 3.29. The van der Waals surface area contributed by atoms with Crippen LogP contribution in [-0.2, 0) is 0 Å². The molecule has 0 bridgehead atoms. The molecule has 0 aliphatic carbocycles. The number of para-hydroxylation sites is 2. The molecule has 6 aromatic rings. The Hall–Kier alpha value is -3.99. The third-order valence-corrected chi connectivity index (χ3v) is 5.69. The Balaban J connectivity index is 1.78. The molecule has 0 fully saturated rings. The standard InChI is InChI=1S/C25H19N4O/c1-16-12-13-20-19-10-6-7-11-21(19)30-23(20)22(16)29-17(2)28(18-8-4-3-5-9-18)24-25(29)27-15-14-26-24/h3-15H,1-2H3/q+1. The van der Waals surface area contributed by atoms with Crippen molar-refractivity contribution >= 4 is 33.2 Å². The lowest BCUT2D eigenvalue weighted by Crippen LogP contribution is -2.35. The van der Waals surface area contributed by atoms with Gasteiger partial charge in [0.1, 0.15) is 17.5 Å². The van der Waals surface area contributed by atoms with Crippen LogP contribution in [0.15, 0.2) is 83.5 Å². The van der Waals surface area contributed by atoms with E-state index in [0.717, 1.165) is 56.0 Å². The molecule has 30 heavy (non-hydrogen) atoms. The predicted octanol–water partition coefficient (Wildman–Crippen LogP) is 5.21. The van der Waals surface area contributed by atoms with Gasteiger partial charge in [-0.25, -0.2) is 9.55 Å². The van der Waals surface area contributed by atoms with Gasteiger partial charge in [0.15, 0.2) is 11.3 Å². The highest BCUT2D eigenvalue weighted by Gasteiger charge is 2.29. The van der Waals surface area contributed by atoms with Crippen LogP contribution in [-0.4, -0.2) is 14.5 Å². The smallest absolute Gasteiger partial charge is 0.327 e. The molecule has 5 nitrogen and oxygen atoms in total. The summed E-state index contributed by atoms with van der Waals surface area (Å²) in [5.41, 5.74) is 6.53. The van der Waals surface area contributed by atoms with Gasteiger partial charge in [-0.1, -0.05) is 42.5 Å². The van der Waals surface area contributed by atoms with E-state index in [-0.39, 0.29) is 0 Å². The Morgan fingerprint density at radius 3 is 2.43 bits per heavy atom. The summed E-state index contributed by atoms with van der Waals surface area (Å²) in [6, 6.07) is 22.7. The van der Waals surface area contributed by atoms with Gasteiger partial charge in [0.25, 0.3) is 5.65 Å². The van der Waals surface area contributed by atoms with Gasteiger partial charge in [0.2, 0.25) is 5.82 Å². The summed E-state index contributed by atoms with van der Waals surface area (Å²) in [6.45, 7) is 4.20. The zero-order valence-electron chi connectivity index (χ0n) is 16.7. The first-order valence-corrected chi connectivity index (χ1v) is 9.95. The minimum Gasteiger partial charge on any atom is -0.452 e. The molecule has 0 amide bonds. The number of fused-ring (bicyclic) bond motifs is 4. The van der Waals surface area contributed by atoms with Crippen molar-refractivity contribution in [2.45, 2.75) is 13.8 Å². The van der Waals surface area contributed by atoms with Gasteiger partial charge >= 0.3 is 5.65 Å². The molecule has 5 heteroatoms. The molecule has 0 aliphatic heterocycles. The molecule has 144 valence electrons. The van der Waals surface area contributed by atoms with Crippen LogP contribution >= 0.6 is 0 Å². The average molecular weight is 391 g/mol. The number of hydrogen-bond donors (Lipinski definition) is 0. The van der Waals surface area contributed by atoms with Crippen molar-refractivity contribution in [1.29, 1.82) is 0 Å². The first-order valence-electron chi connectivity index (χ1n) is 9.95. The summed E-state index contributed by atoms with van der Waals surface area (Å²) in [5.74, 6) is 1.01. The molecule has 3 aromatic carbocycles. The van der Waals surface area contributed by atoms with Crippen molar-refractivity contribution in [3.63, 3.8) is 0 Å². The van der Waals surface area contributed by atoms with Crippen molar-refractivity contribution in [1.82, 2.24) is 14.5 Å². The first-order chi connectivity index (χ1) is 14.7. The quantitative estimate of drug-likeness (QED) is 0.381. The number of imidazole rings is 1. The summed E-state index contributed by atoms with van der Waals surface area (Å²) < 4.78 is 10.7. The molecule has 0 saturated heterocycles. The minimum atomic E-state index is 0.801. The third kappa shape index (κ3) is 2.26. The molecular formula is C25H19N4O+. The Bertz CT molecular complexity index is 1560. The largest absolute Gasteiger partial charge is 0.452 e. The highest BCUT2D eigenvalue weighted by Crippen LogP contribution is 2.33. The molecular weight excluding hydrogens is 372 g/mol. The maximum atomic E-state index is 6.36. The number of rotatable bonds is 2. The van der Waals surface area contributed by atoms with Crippen molar-refractivity contribution in [3.05, 3.63) is 90.5 Å². The van der Waals surface area contributed by atoms with Crippen molar-refractivity contribution in [2.24, 2.45) is 0 Å². The molecule has 6 rings (SSSR count). The molecule has 0 radical (unpaired) electrons. The van der Waals surface area contributed by atoms with E-state index >= 15 is 0 Å². The lowest BCUT2D eigenvalue weighted by molar-refractivity contribution is -0.576. The highest BCUT2D eigenvalue weighted by molar-refractivity contribution is 6.07. The molecule has 0 aliphatic rings. The number of furan rings is 1. The van der Waals surface area contributed by atoms with Crippen LogP contribution in [0.2, 0.25) is 0 Å². The van der Waals surface area contributed by atoms with Gasteiger partial charge in [0.05, 0.1) is 6.20 Å². The lowest BCUT2D eigenvalue weighted by Gasteiger charge is -2.06.